The molecule has 2 aromatic rings. The molecule has 1 aromatic carbocycles. The van der Waals surface area contributed by atoms with Crippen molar-refractivity contribution in [1.82, 2.24) is 5.16 Å². The van der Waals surface area contributed by atoms with Crippen LogP contribution in [0.1, 0.15) is 45.8 Å². The van der Waals surface area contributed by atoms with Crippen LogP contribution in [0, 0.1) is 13.8 Å². The van der Waals surface area contributed by atoms with Crippen LogP contribution in [0.15, 0.2) is 10.6 Å². The van der Waals surface area contributed by atoms with Gasteiger partial charge in [-0.15, -0.1) is 0 Å². The van der Waals surface area contributed by atoms with E-state index >= 15 is 0 Å². The maximum Gasteiger partial charge on any atom is 0.231 e. The second kappa shape index (κ2) is 5.70. The van der Waals surface area contributed by atoms with E-state index in [1.54, 1.807) is 19.9 Å². The van der Waals surface area contributed by atoms with Crippen LogP contribution < -0.4 is 9.47 Å². The summed E-state index contributed by atoms with van der Waals surface area (Å²) >= 11 is 6.18. The number of hydrogen-bond acceptors (Lipinski definition) is 6. The first-order valence-electron chi connectivity index (χ1n) is 6.96. The number of Topliss-reactive ketones (excluding diaryl/α,β-unsaturated/α-hetero) is 1. The van der Waals surface area contributed by atoms with E-state index in [-0.39, 0.29) is 23.4 Å². The van der Waals surface area contributed by atoms with Gasteiger partial charge in [-0.1, -0.05) is 16.8 Å². The Morgan fingerprint density at radius 3 is 2.70 bits per heavy atom. The van der Waals surface area contributed by atoms with E-state index in [2.05, 4.69) is 5.16 Å². The van der Waals surface area contributed by atoms with Gasteiger partial charge in [-0.3, -0.25) is 4.79 Å². The molecule has 2 heterocycles. The number of hydrogen-bond donors (Lipinski definition) is 0. The average Bonchev–Trinajstić information content (AvgIpc) is 3.11. The summed E-state index contributed by atoms with van der Waals surface area (Å²) in [5.74, 6) is 0.173. The molecule has 1 unspecified atom stereocenters. The minimum atomic E-state index is -0.850. The number of benzene rings is 1. The fourth-order valence-electron chi connectivity index (χ4n) is 2.74. The lowest BCUT2D eigenvalue weighted by Gasteiger charge is -2.17. The first-order valence-corrected chi connectivity index (χ1v) is 7.34. The summed E-state index contributed by atoms with van der Waals surface area (Å²) in [6.45, 7) is 4.94. The van der Waals surface area contributed by atoms with Gasteiger partial charge in [0.05, 0.1) is 5.69 Å². The van der Waals surface area contributed by atoms with Crippen molar-refractivity contribution < 1.29 is 23.6 Å². The van der Waals surface area contributed by atoms with Gasteiger partial charge in [0.2, 0.25) is 6.79 Å². The molecule has 0 N–H and O–H groups in total. The van der Waals surface area contributed by atoms with Gasteiger partial charge < -0.3 is 18.8 Å². The Kier molecular flexibility index (Phi) is 3.85. The Labute approximate surface area is 137 Å². The number of nitrogens with zero attached hydrogens (tertiary/aromatic N) is 1. The fourth-order valence-corrected chi connectivity index (χ4v) is 2.93. The standard InChI is InChI=1S/C16H14ClNO5/c1-7-13(11(5-19)16-14(17)8(2)18-23-16)10(9(3)20)4-12-15(7)22-6-21-12/h4-5,11H,6H2,1-3H3. The van der Waals surface area contributed by atoms with Gasteiger partial charge in [-0.2, -0.15) is 0 Å². The monoisotopic (exact) mass is 335 g/mol. The molecular formula is C16H14ClNO5. The summed E-state index contributed by atoms with van der Waals surface area (Å²) in [7, 11) is 0. The van der Waals surface area contributed by atoms with E-state index < -0.39 is 5.92 Å². The second-order valence-electron chi connectivity index (χ2n) is 5.31. The summed E-state index contributed by atoms with van der Waals surface area (Å²) in [6.07, 6.45) is 0.683. The van der Waals surface area contributed by atoms with Crippen molar-refractivity contribution in [3.8, 4) is 11.5 Å². The summed E-state index contributed by atoms with van der Waals surface area (Å²) in [4.78, 5) is 23.8. The smallest absolute Gasteiger partial charge is 0.231 e. The molecule has 0 bridgehead atoms. The molecule has 0 saturated carbocycles. The lowest BCUT2D eigenvalue weighted by Crippen LogP contribution is -2.11. The highest BCUT2D eigenvalue weighted by molar-refractivity contribution is 6.32. The Bertz CT molecular complexity index is 811. The molecule has 120 valence electrons. The Balaban J connectivity index is 2.27. The topological polar surface area (TPSA) is 78.6 Å². The predicted molar refractivity (Wildman–Crippen MR) is 81.5 cm³/mol. The van der Waals surface area contributed by atoms with Gasteiger partial charge in [-0.25, -0.2) is 0 Å². The van der Waals surface area contributed by atoms with Crippen LogP contribution in [0.5, 0.6) is 11.5 Å². The molecule has 1 aliphatic rings. The number of aldehydes is 1. The SMILES string of the molecule is CC(=O)c1cc2c(c(C)c1C(C=O)c1onc(C)c1Cl)OCO2. The lowest BCUT2D eigenvalue weighted by molar-refractivity contribution is -0.108. The molecular weight excluding hydrogens is 322 g/mol. The lowest BCUT2D eigenvalue weighted by atomic mass is 9.87. The molecule has 0 amide bonds. The largest absolute Gasteiger partial charge is 0.454 e. The van der Waals surface area contributed by atoms with E-state index in [9.17, 15) is 9.59 Å². The molecule has 0 spiro atoms. The summed E-state index contributed by atoms with van der Waals surface area (Å²) < 4.78 is 16.0. The van der Waals surface area contributed by atoms with Crippen molar-refractivity contribution in [2.75, 3.05) is 6.79 Å². The molecule has 6 nitrogen and oxygen atoms in total. The van der Waals surface area contributed by atoms with E-state index in [4.69, 9.17) is 25.6 Å². The van der Waals surface area contributed by atoms with Crippen molar-refractivity contribution in [3.05, 3.63) is 39.2 Å². The van der Waals surface area contributed by atoms with Crippen molar-refractivity contribution in [1.29, 1.82) is 0 Å². The van der Waals surface area contributed by atoms with Crippen LogP contribution >= 0.6 is 11.6 Å². The zero-order valence-electron chi connectivity index (χ0n) is 12.8. The average molecular weight is 336 g/mol. The zero-order valence-corrected chi connectivity index (χ0v) is 13.6. The molecule has 23 heavy (non-hydrogen) atoms. The first kappa shape index (κ1) is 15.6. The highest BCUT2D eigenvalue weighted by Gasteiger charge is 2.32. The Hall–Kier alpha value is -2.34. The number of aromatic nitrogens is 1. The normalized spacial score (nSPS) is 13.9. The van der Waals surface area contributed by atoms with Crippen molar-refractivity contribution in [2.24, 2.45) is 0 Å². The Morgan fingerprint density at radius 1 is 1.39 bits per heavy atom. The van der Waals surface area contributed by atoms with Gasteiger partial charge in [0.15, 0.2) is 23.0 Å². The molecule has 0 saturated heterocycles. The number of carbonyl (C=O) groups excluding carboxylic acids is 2. The number of aryl methyl sites for hydroxylation is 1. The number of ketones is 1. The van der Waals surface area contributed by atoms with Crippen molar-refractivity contribution >= 4 is 23.7 Å². The number of halogens is 1. The molecule has 1 aliphatic heterocycles. The molecule has 0 aliphatic carbocycles. The van der Waals surface area contributed by atoms with Crippen molar-refractivity contribution in [3.63, 3.8) is 0 Å². The third kappa shape index (κ3) is 2.39. The molecule has 7 heteroatoms. The van der Waals surface area contributed by atoms with Crippen LogP contribution in [-0.4, -0.2) is 24.0 Å². The number of fused-ring (bicyclic) bond motifs is 1. The highest BCUT2D eigenvalue weighted by atomic mass is 35.5. The quantitative estimate of drug-likeness (QED) is 0.630. The van der Waals surface area contributed by atoms with Crippen LogP contribution in [0.3, 0.4) is 0 Å². The van der Waals surface area contributed by atoms with Crippen LogP contribution in [0.2, 0.25) is 5.02 Å². The van der Waals surface area contributed by atoms with Crippen LogP contribution in [0.4, 0.5) is 0 Å². The van der Waals surface area contributed by atoms with Crippen LogP contribution in [-0.2, 0) is 4.79 Å². The van der Waals surface area contributed by atoms with Gasteiger partial charge in [0.25, 0.3) is 0 Å². The minimum absolute atomic E-state index is 0.0743. The second-order valence-corrected chi connectivity index (χ2v) is 5.69. The molecule has 0 radical (unpaired) electrons. The summed E-state index contributed by atoms with van der Waals surface area (Å²) in [5, 5.41) is 4.05. The number of rotatable bonds is 4. The molecule has 3 rings (SSSR count). The highest BCUT2D eigenvalue weighted by Crippen LogP contribution is 2.44. The number of ether oxygens (including phenoxy) is 2. The number of carbonyl (C=O) groups is 2. The van der Waals surface area contributed by atoms with Crippen LogP contribution in [0.25, 0.3) is 0 Å². The Morgan fingerprint density at radius 2 is 2.13 bits per heavy atom. The van der Waals surface area contributed by atoms with Crippen molar-refractivity contribution in [2.45, 2.75) is 26.7 Å². The van der Waals surface area contributed by atoms with E-state index in [0.717, 1.165) is 0 Å². The minimum Gasteiger partial charge on any atom is -0.454 e. The van der Waals surface area contributed by atoms with Gasteiger partial charge in [0, 0.05) is 11.1 Å². The van der Waals surface area contributed by atoms with Gasteiger partial charge in [0.1, 0.15) is 17.2 Å². The van der Waals surface area contributed by atoms with E-state index in [1.807, 2.05) is 0 Å². The third-order valence-corrected chi connectivity index (χ3v) is 4.34. The predicted octanol–water partition coefficient (Wildman–Crippen LogP) is 3.21. The zero-order chi connectivity index (χ0) is 16.7. The fraction of sp³-hybridized carbons (Fsp3) is 0.312. The van der Waals surface area contributed by atoms with E-state index in [1.165, 1.54) is 6.92 Å². The maximum absolute atomic E-state index is 12.1. The van der Waals surface area contributed by atoms with Gasteiger partial charge in [-0.05, 0) is 32.4 Å². The first-order chi connectivity index (χ1) is 11.0. The maximum atomic E-state index is 12.1. The molecule has 0 fully saturated rings. The third-order valence-electron chi connectivity index (χ3n) is 3.88. The summed E-state index contributed by atoms with van der Waals surface area (Å²) in [5.41, 5.74) is 1.99. The molecule has 1 atom stereocenters. The molecule has 1 aromatic heterocycles. The summed E-state index contributed by atoms with van der Waals surface area (Å²) in [6, 6.07) is 1.58. The van der Waals surface area contributed by atoms with E-state index in [0.29, 0.717) is 40.2 Å². The van der Waals surface area contributed by atoms with Gasteiger partial charge >= 0.3 is 0 Å².